The van der Waals surface area contributed by atoms with Crippen molar-refractivity contribution in [3.05, 3.63) is 15.6 Å². The van der Waals surface area contributed by atoms with Crippen LogP contribution < -0.4 is 5.73 Å². The molecule has 2 atom stereocenters. The van der Waals surface area contributed by atoms with Gasteiger partial charge in [-0.15, -0.1) is 11.3 Å². The number of hydrogen-bond acceptors (Lipinski definition) is 3. The number of thiazole rings is 1. The standard InChI is InChI=1S/C16H26N2S/c1-11(2)12-5-4-9-16(17,10-8-12)15-18-13-6-3-7-14(13)19-15/h11-12H,3-10,17H2,1-2H3. The van der Waals surface area contributed by atoms with Crippen molar-refractivity contribution in [2.75, 3.05) is 0 Å². The van der Waals surface area contributed by atoms with Gasteiger partial charge < -0.3 is 5.73 Å². The molecule has 0 saturated heterocycles. The van der Waals surface area contributed by atoms with Gasteiger partial charge in [0.05, 0.1) is 11.2 Å². The van der Waals surface area contributed by atoms with E-state index >= 15 is 0 Å². The third-order valence-corrected chi connectivity index (χ3v) is 6.50. The first-order chi connectivity index (χ1) is 9.08. The maximum atomic E-state index is 6.75. The summed E-state index contributed by atoms with van der Waals surface area (Å²) in [5.41, 5.74) is 7.98. The molecule has 2 nitrogen and oxygen atoms in total. The Bertz CT molecular complexity index is 430. The second kappa shape index (κ2) is 5.17. The maximum absolute atomic E-state index is 6.75. The van der Waals surface area contributed by atoms with Crippen molar-refractivity contribution < 1.29 is 0 Å². The van der Waals surface area contributed by atoms with E-state index in [-0.39, 0.29) is 5.54 Å². The smallest absolute Gasteiger partial charge is 0.113 e. The van der Waals surface area contributed by atoms with Crippen molar-refractivity contribution >= 4 is 11.3 Å². The normalized spacial score (nSPS) is 31.5. The number of aromatic nitrogens is 1. The number of aryl methyl sites for hydroxylation is 2. The Labute approximate surface area is 120 Å². The second-order valence-corrected chi connectivity index (χ2v) is 7.92. The van der Waals surface area contributed by atoms with Gasteiger partial charge in [-0.3, -0.25) is 0 Å². The molecule has 106 valence electrons. The van der Waals surface area contributed by atoms with Crippen LogP contribution in [0.15, 0.2) is 0 Å². The van der Waals surface area contributed by atoms with Gasteiger partial charge in [0.25, 0.3) is 0 Å². The summed E-state index contributed by atoms with van der Waals surface area (Å²) in [7, 11) is 0. The van der Waals surface area contributed by atoms with E-state index < -0.39 is 0 Å². The maximum Gasteiger partial charge on any atom is 0.113 e. The molecule has 0 amide bonds. The van der Waals surface area contributed by atoms with Crippen LogP contribution >= 0.6 is 11.3 Å². The Hall–Kier alpha value is -0.410. The Morgan fingerprint density at radius 1 is 1.21 bits per heavy atom. The molecule has 0 radical (unpaired) electrons. The zero-order chi connectivity index (χ0) is 13.5. The first kappa shape index (κ1) is 13.6. The number of nitrogens with zero attached hydrogens (tertiary/aromatic N) is 1. The van der Waals surface area contributed by atoms with E-state index in [0.717, 1.165) is 24.7 Å². The first-order valence-corrected chi connectivity index (χ1v) is 8.68. The second-order valence-electron chi connectivity index (χ2n) is 6.83. The van der Waals surface area contributed by atoms with Crippen molar-refractivity contribution in [2.24, 2.45) is 17.6 Å². The zero-order valence-corrected chi connectivity index (χ0v) is 13.1. The van der Waals surface area contributed by atoms with Crippen LogP contribution in [0.4, 0.5) is 0 Å². The third kappa shape index (κ3) is 2.59. The van der Waals surface area contributed by atoms with Gasteiger partial charge in [0.1, 0.15) is 5.01 Å². The molecular formula is C16H26N2S. The average molecular weight is 278 g/mol. The average Bonchev–Trinajstić information content (AvgIpc) is 2.88. The molecule has 0 aromatic carbocycles. The van der Waals surface area contributed by atoms with Crippen LogP contribution in [0.2, 0.25) is 0 Å². The summed E-state index contributed by atoms with van der Waals surface area (Å²) < 4.78 is 0. The highest BCUT2D eigenvalue weighted by atomic mass is 32.1. The van der Waals surface area contributed by atoms with E-state index in [9.17, 15) is 0 Å². The monoisotopic (exact) mass is 278 g/mol. The van der Waals surface area contributed by atoms with E-state index in [4.69, 9.17) is 10.7 Å². The largest absolute Gasteiger partial charge is 0.319 e. The molecule has 0 aliphatic heterocycles. The lowest BCUT2D eigenvalue weighted by molar-refractivity contribution is 0.325. The molecule has 3 heteroatoms. The predicted molar refractivity (Wildman–Crippen MR) is 81.4 cm³/mol. The number of fused-ring (bicyclic) bond motifs is 1. The van der Waals surface area contributed by atoms with Crippen LogP contribution in [-0.2, 0) is 18.4 Å². The Kier molecular flexibility index (Phi) is 3.69. The molecule has 1 saturated carbocycles. The van der Waals surface area contributed by atoms with Crippen LogP contribution in [0.25, 0.3) is 0 Å². The van der Waals surface area contributed by atoms with Crippen molar-refractivity contribution in [3.63, 3.8) is 0 Å². The van der Waals surface area contributed by atoms with E-state index in [1.165, 1.54) is 54.1 Å². The minimum absolute atomic E-state index is 0.126. The van der Waals surface area contributed by atoms with Crippen LogP contribution in [0.3, 0.4) is 0 Å². The minimum atomic E-state index is -0.126. The number of nitrogens with two attached hydrogens (primary N) is 1. The molecule has 1 aromatic heterocycles. The topological polar surface area (TPSA) is 38.9 Å². The van der Waals surface area contributed by atoms with Gasteiger partial charge in [0.15, 0.2) is 0 Å². The van der Waals surface area contributed by atoms with Crippen molar-refractivity contribution in [1.82, 2.24) is 4.98 Å². The van der Waals surface area contributed by atoms with E-state index in [2.05, 4.69) is 13.8 Å². The summed E-state index contributed by atoms with van der Waals surface area (Å²) in [4.78, 5) is 6.41. The SMILES string of the molecule is CC(C)C1CCCC(N)(c2nc3c(s2)CCC3)CC1. The highest BCUT2D eigenvalue weighted by Crippen LogP contribution is 2.41. The summed E-state index contributed by atoms with van der Waals surface area (Å²) in [5, 5.41) is 1.24. The van der Waals surface area contributed by atoms with Crippen LogP contribution in [-0.4, -0.2) is 4.98 Å². The lowest BCUT2D eigenvalue weighted by atomic mass is 9.87. The summed E-state index contributed by atoms with van der Waals surface area (Å²) >= 11 is 1.91. The first-order valence-electron chi connectivity index (χ1n) is 7.86. The fraction of sp³-hybridized carbons (Fsp3) is 0.812. The third-order valence-electron chi connectivity index (χ3n) is 5.12. The van der Waals surface area contributed by atoms with Gasteiger partial charge in [-0.25, -0.2) is 4.98 Å². The van der Waals surface area contributed by atoms with Gasteiger partial charge in [-0.05, 0) is 50.4 Å². The highest BCUT2D eigenvalue weighted by Gasteiger charge is 2.35. The van der Waals surface area contributed by atoms with Crippen LogP contribution in [0.5, 0.6) is 0 Å². The lowest BCUT2D eigenvalue weighted by Gasteiger charge is -2.26. The molecule has 1 fully saturated rings. The molecule has 3 rings (SSSR count). The number of rotatable bonds is 2. The van der Waals surface area contributed by atoms with Gasteiger partial charge in [-0.1, -0.05) is 26.7 Å². The summed E-state index contributed by atoms with van der Waals surface area (Å²) in [6.07, 6.45) is 9.85. The summed E-state index contributed by atoms with van der Waals surface area (Å²) in [6, 6.07) is 0. The van der Waals surface area contributed by atoms with Crippen molar-refractivity contribution in [2.45, 2.75) is 70.8 Å². The van der Waals surface area contributed by atoms with Gasteiger partial charge in [0, 0.05) is 4.88 Å². The predicted octanol–water partition coefficient (Wildman–Crippen LogP) is 4.02. The molecule has 0 spiro atoms. The fourth-order valence-electron chi connectivity index (χ4n) is 3.68. The summed E-state index contributed by atoms with van der Waals surface area (Å²) in [6.45, 7) is 4.71. The molecule has 1 heterocycles. The van der Waals surface area contributed by atoms with Gasteiger partial charge in [0.2, 0.25) is 0 Å². The summed E-state index contributed by atoms with van der Waals surface area (Å²) in [5.74, 6) is 1.65. The van der Waals surface area contributed by atoms with E-state index in [1.54, 1.807) is 0 Å². The van der Waals surface area contributed by atoms with Gasteiger partial charge in [-0.2, -0.15) is 0 Å². The van der Waals surface area contributed by atoms with Crippen LogP contribution in [0.1, 0.15) is 68.0 Å². The quantitative estimate of drug-likeness (QED) is 0.830. The number of hydrogen-bond donors (Lipinski definition) is 1. The van der Waals surface area contributed by atoms with E-state index in [1.807, 2.05) is 11.3 Å². The molecule has 1 aromatic rings. The Morgan fingerprint density at radius 2 is 2.05 bits per heavy atom. The molecule has 2 aliphatic rings. The van der Waals surface area contributed by atoms with Crippen molar-refractivity contribution in [3.8, 4) is 0 Å². The fourth-order valence-corrected chi connectivity index (χ4v) is 4.98. The molecule has 2 N–H and O–H groups in total. The van der Waals surface area contributed by atoms with Crippen molar-refractivity contribution in [1.29, 1.82) is 0 Å². The minimum Gasteiger partial charge on any atom is -0.319 e. The lowest BCUT2D eigenvalue weighted by Crippen LogP contribution is -2.36. The van der Waals surface area contributed by atoms with Gasteiger partial charge >= 0.3 is 0 Å². The van der Waals surface area contributed by atoms with E-state index in [0.29, 0.717) is 0 Å². The molecule has 19 heavy (non-hydrogen) atoms. The molecule has 2 aliphatic carbocycles. The molecule has 2 unspecified atom stereocenters. The zero-order valence-electron chi connectivity index (χ0n) is 12.2. The Morgan fingerprint density at radius 3 is 2.79 bits per heavy atom. The van der Waals surface area contributed by atoms with Crippen LogP contribution in [0, 0.1) is 11.8 Å². The highest BCUT2D eigenvalue weighted by molar-refractivity contribution is 7.12. The molecule has 0 bridgehead atoms. The Balaban J connectivity index is 1.78. The molecular weight excluding hydrogens is 252 g/mol.